The Hall–Kier alpha value is -2.82. The average Bonchev–Trinajstić information content (AvgIpc) is 2.57. The normalized spacial score (nSPS) is 16.1. The second kappa shape index (κ2) is 6.59. The predicted octanol–water partition coefficient (Wildman–Crippen LogP) is 3.09. The third-order valence-electron chi connectivity index (χ3n) is 4.38. The summed E-state index contributed by atoms with van der Waals surface area (Å²) < 4.78 is 12.5. The summed E-state index contributed by atoms with van der Waals surface area (Å²) >= 11 is 0. The molecule has 0 N–H and O–H groups in total. The Morgan fingerprint density at radius 1 is 1.32 bits per heavy atom. The van der Waals surface area contributed by atoms with Gasteiger partial charge in [0, 0.05) is 24.7 Å². The summed E-state index contributed by atoms with van der Waals surface area (Å²) in [5.41, 5.74) is 2.98. The summed E-state index contributed by atoms with van der Waals surface area (Å²) in [6.07, 6.45) is 0.150. The number of fused-ring (bicyclic) bond motifs is 1. The van der Waals surface area contributed by atoms with E-state index in [1.165, 1.54) is 0 Å². The molecule has 25 heavy (non-hydrogen) atoms. The molecule has 0 radical (unpaired) electrons. The van der Waals surface area contributed by atoms with Gasteiger partial charge in [0.2, 0.25) is 0 Å². The lowest BCUT2D eigenvalue weighted by Gasteiger charge is -2.25. The number of hydrogen-bond acceptors (Lipinski definition) is 4. The number of rotatable bonds is 4. The second-order valence-electron chi connectivity index (χ2n) is 6.47. The number of nitrogens with zero attached hydrogens (tertiary/aromatic N) is 1. The highest BCUT2D eigenvalue weighted by molar-refractivity contribution is 5.77. The van der Waals surface area contributed by atoms with Crippen molar-refractivity contribution in [1.82, 2.24) is 4.57 Å². The molecule has 0 fully saturated rings. The van der Waals surface area contributed by atoms with Crippen molar-refractivity contribution in [2.75, 3.05) is 6.61 Å². The fraction of sp³-hybridized carbons (Fsp3) is 0.300. The van der Waals surface area contributed by atoms with Crippen molar-refractivity contribution in [3.05, 3.63) is 69.7 Å². The molecule has 1 aromatic carbocycles. The SMILES string of the molecule is C=C(C)COc1ccc([C@@H]2CC(=O)Oc3cc(C)n(C)c(=O)c32)cc1. The minimum absolute atomic E-state index is 0.130. The van der Waals surface area contributed by atoms with Crippen LogP contribution in [-0.4, -0.2) is 17.1 Å². The van der Waals surface area contributed by atoms with Gasteiger partial charge in [0.1, 0.15) is 18.1 Å². The van der Waals surface area contributed by atoms with E-state index in [0.29, 0.717) is 17.9 Å². The van der Waals surface area contributed by atoms with E-state index in [4.69, 9.17) is 9.47 Å². The molecule has 1 aliphatic rings. The van der Waals surface area contributed by atoms with Crippen LogP contribution < -0.4 is 15.0 Å². The molecule has 2 heterocycles. The molecule has 0 amide bonds. The number of carbonyl (C=O) groups is 1. The van der Waals surface area contributed by atoms with Crippen molar-refractivity contribution in [3.63, 3.8) is 0 Å². The second-order valence-corrected chi connectivity index (χ2v) is 6.47. The summed E-state index contributed by atoms with van der Waals surface area (Å²) in [6, 6.07) is 9.21. The van der Waals surface area contributed by atoms with Gasteiger partial charge in [-0.05, 0) is 37.1 Å². The fourth-order valence-corrected chi connectivity index (χ4v) is 2.94. The molecule has 130 valence electrons. The molecule has 5 nitrogen and oxygen atoms in total. The molecule has 2 aromatic rings. The van der Waals surface area contributed by atoms with Crippen LogP contribution in [0.3, 0.4) is 0 Å². The van der Waals surface area contributed by atoms with Crippen molar-refractivity contribution in [3.8, 4) is 11.5 Å². The zero-order chi connectivity index (χ0) is 18.1. The minimum Gasteiger partial charge on any atom is -0.489 e. The summed E-state index contributed by atoms with van der Waals surface area (Å²) in [4.78, 5) is 24.7. The first-order valence-corrected chi connectivity index (χ1v) is 8.15. The zero-order valence-electron chi connectivity index (χ0n) is 14.7. The maximum atomic E-state index is 12.7. The van der Waals surface area contributed by atoms with Gasteiger partial charge >= 0.3 is 5.97 Å². The van der Waals surface area contributed by atoms with Gasteiger partial charge in [-0.15, -0.1) is 0 Å². The standard InChI is InChI=1S/C20H21NO4/c1-12(2)11-24-15-7-5-14(6-8-15)16-10-18(22)25-17-9-13(3)21(4)20(23)19(16)17/h5-9,16H,1,10-11H2,2-4H3/t16-/m0/s1. The molecule has 0 bridgehead atoms. The van der Waals surface area contributed by atoms with Gasteiger partial charge in [-0.2, -0.15) is 0 Å². The maximum Gasteiger partial charge on any atom is 0.312 e. The van der Waals surface area contributed by atoms with Crippen molar-refractivity contribution in [2.24, 2.45) is 7.05 Å². The van der Waals surface area contributed by atoms with Gasteiger partial charge in [0.25, 0.3) is 5.56 Å². The quantitative estimate of drug-likeness (QED) is 0.634. The molecule has 3 rings (SSSR count). The zero-order valence-corrected chi connectivity index (χ0v) is 14.7. The predicted molar refractivity (Wildman–Crippen MR) is 95.3 cm³/mol. The molecule has 0 saturated heterocycles. The van der Waals surface area contributed by atoms with Gasteiger partial charge in [0.05, 0.1) is 12.0 Å². The first-order valence-electron chi connectivity index (χ1n) is 8.15. The van der Waals surface area contributed by atoms with E-state index in [1.54, 1.807) is 17.7 Å². The van der Waals surface area contributed by atoms with Crippen LogP contribution in [0.1, 0.15) is 36.1 Å². The van der Waals surface area contributed by atoms with E-state index in [-0.39, 0.29) is 23.9 Å². The van der Waals surface area contributed by atoms with Gasteiger partial charge in [-0.25, -0.2) is 0 Å². The average molecular weight is 339 g/mol. The van der Waals surface area contributed by atoms with E-state index in [2.05, 4.69) is 6.58 Å². The van der Waals surface area contributed by atoms with E-state index in [0.717, 1.165) is 22.6 Å². The van der Waals surface area contributed by atoms with Crippen molar-refractivity contribution < 1.29 is 14.3 Å². The van der Waals surface area contributed by atoms with Crippen LogP contribution in [0.5, 0.6) is 11.5 Å². The van der Waals surface area contributed by atoms with E-state index in [1.807, 2.05) is 38.1 Å². The Labute approximate surface area is 146 Å². The van der Waals surface area contributed by atoms with E-state index >= 15 is 0 Å². The van der Waals surface area contributed by atoms with Crippen LogP contribution in [0.4, 0.5) is 0 Å². The molecule has 1 atom stereocenters. The number of esters is 1. The first kappa shape index (κ1) is 17.0. The lowest BCUT2D eigenvalue weighted by molar-refractivity contribution is -0.135. The molecular formula is C20H21NO4. The summed E-state index contributed by atoms with van der Waals surface area (Å²) in [6.45, 7) is 7.97. The number of aryl methyl sites for hydroxylation is 1. The lowest BCUT2D eigenvalue weighted by Crippen LogP contribution is -2.31. The number of benzene rings is 1. The molecule has 0 spiro atoms. The highest BCUT2D eigenvalue weighted by Gasteiger charge is 2.32. The topological polar surface area (TPSA) is 57.5 Å². The number of carbonyl (C=O) groups excluding carboxylic acids is 1. The largest absolute Gasteiger partial charge is 0.489 e. The Morgan fingerprint density at radius 2 is 2.00 bits per heavy atom. The Balaban J connectivity index is 1.99. The van der Waals surface area contributed by atoms with Crippen LogP contribution in [0.2, 0.25) is 0 Å². The Morgan fingerprint density at radius 3 is 2.64 bits per heavy atom. The minimum atomic E-state index is -0.326. The molecule has 0 saturated carbocycles. The van der Waals surface area contributed by atoms with Gasteiger partial charge in [0.15, 0.2) is 0 Å². The summed E-state index contributed by atoms with van der Waals surface area (Å²) in [5, 5.41) is 0. The number of pyridine rings is 1. The third kappa shape index (κ3) is 3.36. The third-order valence-corrected chi connectivity index (χ3v) is 4.38. The summed E-state index contributed by atoms with van der Waals surface area (Å²) in [5.74, 6) is 0.449. The highest BCUT2D eigenvalue weighted by atomic mass is 16.5. The van der Waals surface area contributed by atoms with Crippen LogP contribution in [0.25, 0.3) is 0 Å². The van der Waals surface area contributed by atoms with Crippen LogP contribution in [0.15, 0.2) is 47.3 Å². The molecular weight excluding hydrogens is 318 g/mol. The highest BCUT2D eigenvalue weighted by Crippen LogP contribution is 2.37. The van der Waals surface area contributed by atoms with Gasteiger partial charge < -0.3 is 14.0 Å². The fourth-order valence-electron chi connectivity index (χ4n) is 2.94. The van der Waals surface area contributed by atoms with Crippen LogP contribution >= 0.6 is 0 Å². The molecule has 0 unspecified atom stereocenters. The van der Waals surface area contributed by atoms with Crippen molar-refractivity contribution >= 4 is 5.97 Å². The first-order chi connectivity index (χ1) is 11.9. The number of ether oxygens (including phenoxy) is 2. The molecule has 0 aliphatic carbocycles. The monoisotopic (exact) mass is 339 g/mol. The van der Waals surface area contributed by atoms with Crippen molar-refractivity contribution in [2.45, 2.75) is 26.2 Å². The molecule has 1 aliphatic heterocycles. The number of hydrogen-bond donors (Lipinski definition) is 0. The maximum absolute atomic E-state index is 12.7. The smallest absolute Gasteiger partial charge is 0.312 e. The van der Waals surface area contributed by atoms with Crippen LogP contribution in [0, 0.1) is 6.92 Å². The van der Waals surface area contributed by atoms with E-state index in [9.17, 15) is 9.59 Å². The van der Waals surface area contributed by atoms with Crippen LogP contribution in [-0.2, 0) is 11.8 Å². The van der Waals surface area contributed by atoms with E-state index < -0.39 is 0 Å². The van der Waals surface area contributed by atoms with Gasteiger partial charge in [-0.3, -0.25) is 9.59 Å². The lowest BCUT2D eigenvalue weighted by atomic mass is 9.87. The molecule has 1 aromatic heterocycles. The van der Waals surface area contributed by atoms with Gasteiger partial charge in [-0.1, -0.05) is 18.7 Å². The Bertz CT molecular complexity index is 893. The van der Waals surface area contributed by atoms with Crippen molar-refractivity contribution in [1.29, 1.82) is 0 Å². The molecule has 5 heteroatoms. The summed E-state index contributed by atoms with van der Waals surface area (Å²) in [7, 11) is 1.72. The number of aromatic nitrogens is 1. The Kier molecular flexibility index (Phi) is 4.49.